The zero-order valence-corrected chi connectivity index (χ0v) is 12.1. The Balaban J connectivity index is 2.49. The van der Waals surface area contributed by atoms with Crippen molar-refractivity contribution < 1.29 is 9.59 Å². The lowest BCUT2D eigenvalue weighted by Crippen LogP contribution is -2.08. The minimum absolute atomic E-state index is 0.0401. The highest BCUT2D eigenvalue weighted by Gasteiger charge is 2.05. The first-order valence-corrected chi connectivity index (χ1v) is 6.86. The summed E-state index contributed by atoms with van der Waals surface area (Å²) < 4.78 is 0. The number of ketones is 1. The maximum absolute atomic E-state index is 11.1. The highest BCUT2D eigenvalue weighted by molar-refractivity contribution is 5.89. The van der Waals surface area contributed by atoms with Crippen LogP contribution in [0.4, 0.5) is 5.69 Å². The standard InChI is InChI=1S/C16H23NO2/c1-12(18)8-5-4-6-9-15-10-7-11-16(13(15)2)17-14(3)19/h7,10-11H,4-6,8-9H2,1-3H3,(H,17,19). The molecule has 1 aromatic carbocycles. The number of Topliss-reactive ketones (excluding diaryl/α,β-unsaturated/α-hetero) is 1. The minimum atomic E-state index is -0.0401. The van der Waals surface area contributed by atoms with Crippen molar-refractivity contribution in [3.8, 4) is 0 Å². The van der Waals surface area contributed by atoms with Crippen LogP contribution in [0.1, 0.15) is 50.7 Å². The summed E-state index contributed by atoms with van der Waals surface area (Å²) in [5, 5.41) is 2.85. The van der Waals surface area contributed by atoms with E-state index >= 15 is 0 Å². The molecule has 0 radical (unpaired) electrons. The van der Waals surface area contributed by atoms with Gasteiger partial charge in [0.25, 0.3) is 0 Å². The monoisotopic (exact) mass is 261 g/mol. The summed E-state index contributed by atoms with van der Waals surface area (Å²) in [6.45, 7) is 5.20. The predicted octanol–water partition coefficient (Wildman–Crippen LogP) is 3.65. The maximum Gasteiger partial charge on any atom is 0.221 e. The lowest BCUT2D eigenvalue weighted by molar-refractivity contribution is -0.117. The van der Waals surface area contributed by atoms with E-state index in [1.807, 2.05) is 19.1 Å². The van der Waals surface area contributed by atoms with E-state index in [0.29, 0.717) is 6.42 Å². The van der Waals surface area contributed by atoms with Crippen LogP contribution in [0.25, 0.3) is 0 Å². The number of amides is 1. The van der Waals surface area contributed by atoms with Crippen LogP contribution in [-0.2, 0) is 16.0 Å². The number of hydrogen-bond acceptors (Lipinski definition) is 2. The first kappa shape index (κ1) is 15.4. The van der Waals surface area contributed by atoms with Crippen LogP contribution in [0.3, 0.4) is 0 Å². The molecule has 104 valence electrons. The lowest BCUT2D eigenvalue weighted by Gasteiger charge is -2.11. The van der Waals surface area contributed by atoms with Crippen molar-refractivity contribution in [3.63, 3.8) is 0 Å². The van der Waals surface area contributed by atoms with Gasteiger partial charge >= 0.3 is 0 Å². The molecule has 0 fully saturated rings. The topological polar surface area (TPSA) is 46.2 Å². The van der Waals surface area contributed by atoms with Crippen LogP contribution in [0, 0.1) is 6.92 Å². The molecule has 1 aromatic rings. The number of anilines is 1. The first-order chi connectivity index (χ1) is 9.00. The fourth-order valence-corrected chi connectivity index (χ4v) is 2.15. The third-order valence-electron chi connectivity index (χ3n) is 3.23. The van der Waals surface area contributed by atoms with Gasteiger partial charge in [0.2, 0.25) is 5.91 Å². The smallest absolute Gasteiger partial charge is 0.221 e. The first-order valence-electron chi connectivity index (χ1n) is 6.86. The lowest BCUT2D eigenvalue weighted by atomic mass is 10.00. The quantitative estimate of drug-likeness (QED) is 0.762. The van der Waals surface area contributed by atoms with Gasteiger partial charge in [-0.05, 0) is 50.3 Å². The van der Waals surface area contributed by atoms with Gasteiger partial charge in [-0.2, -0.15) is 0 Å². The zero-order valence-electron chi connectivity index (χ0n) is 12.1. The second-order valence-electron chi connectivity index (χ2n) is 5.03. The Bertz CT molecular complexity index is 452. The van der Waals surface area contributed by atoms with Gasteiger partial charge in [0.1, 0.15) is 5.78 Å². The molecule has 0 aliphatic rings. The Labute approximate surface area is 115 Å². The van der Waals surface area contributed by atoms with E-state index in [1.165, 1.54) is 12.5 Å². The van der Waals surface area contributed by atoms with Crippen LogP contribution in [0.5, 0.6) is 0 Å². The molecule has 0 aliphatic carbocycles. The molecular formula is C16H23NO2. The highest BCUT2D eigenvalue weighted by atomic mass is 16.1. The summed E-state index contributed by atoms with van der Waals surface area (Å²) in [6.07, 6.45) is 4.81. The average molecular weight is 261 g/mol. The van der Waals surface area contributed by atoms with Gasteiger partial charge in [0, 0.05) is 19.0 Å². The van der Waals surface area contributed by atoms with Crippen molar-refractivity contribution in [2.75, 3.05) is 5.32 Å². The van der Waals surface area contributed by atoms with Crippen molar-refractivity contribution in [1.29, 1.82) is 0 Å². The molecule has 0 aliphatic heterocycles. The number of benzene rings is 1. The van der Waals surface area contributed by atoms with E-state index < -0.39 is 0 Å². The minimum Gasteiger partial charge on any atom is -0.326 e. The Kier molecular flexibility index (Phi) is 6.26. The predicted molar refractivity (Wildman–Crippen MR) is 78.3 cm³/mol. The normalized spacial score (nSPS) is 10.3. The molecule has 0 bridgehead atoms. The van der Waals surface area contributed by atoms with Gasteiger partial charge in [-0.15, -0.1) is 0 Å². The van der Waals surface area contributed by atoms with E-state index in [4.69, 9.17) is 0 Å². The average Bonchev–Trinajstić information content (AvgIpc) is 2.32. The fraction of sp³-hybridized carbons (Fsp3) is 0.500. The van der Waals surface area contributed by atoms with E-state index in [2.05, 4.69) is 11.4 Å². The molecule has 1 N–H and O–H groups in total. The molecule has 0 unspecified atom stereocenters. The molecule has 0 spiro atoms. The number of aryl methyl sites for hydroxylation is 1. The molecule has 0 heterocycles. The third kappa shape index (κ3) is 5.69. The second-order valence-corrected chi connectivity index (χ2v) is 5.03. The molecule has 19 heavy (non-hydrogen) atoms. The second kappa shape index (κ2) is 7.72. The van der Waals surface area contributed by atoms with Crippen molar-refractivity contribution in [3.05, 3.63) is 29.3 Å². The van der Waals surface area contributed by atoms with Crippen LogP contribution < -0.4 is 5.32 Å². The molecule has 0 saturated carbocycles. The largest absolute Gasteiger partial charge is 0.326 e. The van der Waals surface area contributed by atoms with Crippen LogP contribution in [-0.4, -0.2) is 11.7 Å². The van der Waals surface area contributed by atoms with Gasteiger partial charge in [0.15, 0.2) is 0 Å². The van der Waals surface area contributed by atoms with Crippen LogP contribution in [0.2, 0.25) is 0 Å². The molecule has 0 saturated heterocycles. The Morgan fingerprint density at radius 3 is 2.47 bits per heavy atom. The van der Waals surface area contributed by atoms with Gasteiger partial charge in [-0.3, -0.25) is 4.79 Å². The summed E-state index contributed by atoms with van der Waals surface area (Å²) in [4.78, 5) is 21.9. The SMILES string of the molecule is CC(=O)CCCCCc1cccc(NC(C)=O)c1C. The van der Waals surface area contributed by atoms with E-state index in [-0.39, 0.29) is 11.7 Å². The summed E-state index contributed by atoms with van der Waals surface area (Å²) in [6, 6.07) is 6.00. The molecular weight excluding hydrogens is 238 g/mol. The van der Waals surface area contributed by atoms with Crippen LogP contribution in [0.15, 0.2) is 18.2 Å². The number of rotatable bonds is 7. The summed E-state index contributed by atoms with van der Waals surface area (Å²) in [5.41, 5.74) is 3.31. The molecule has 3 nitrogen and oxygen atoms in total. The summed E-state index contributed by atoms with van der Waals surface area (Å²) >= 11 is 0. The number of carbonyl (C=O) groups is 2. The number of carbonyl (C=O) groups excluding carboxylic acids is 2. The molecule has 0 aromatic heterocycles. The van der Waals surface area contributed by atoms with E-state index in [9.17, 15) is 9.59 Å². The van der Waals surface area contributed by atoms with Crippen molar-refractivity contribution in [2.24, 2.45) is 0 Å². The van der Waals surface area contributed by atoms with Gasteiger partial charge in [-0.25, -0.2) is 0 Å². The summed E-state index contributed by atoms with van der Waals surface area (Å²) in [5.74, 6) is 0.227. The molecule has 3 heteroatoms. The van der Waals surface area contributed by atoms with E-state index in [0.717, 1.165) is 36.9 Å². The summed E-state index contributed by atoms with van der Waals surface area (Å²) in [7, 11) is 0. The van der Waals surface area contributed by atoms with Crippen molar-refractivity contribution in [2.45, 2.75) is 52.9 Å². The van der Waals surface area contributed by atoms with Crippen LogP contribution >= 0.6 is 0 Å². The zero-order chi connectivity index (χ0) is 14.3. The maximum atomic E-state index is 11.1. The Morgan fingerprint density at radius 2 is 1.84 bits per heavy atom. The van der Waals surface area contributed by atoms with Gasteiger partial charge in [-0.1, -0.05) is 18.6 Å². The molecule has 1 rings (SSSR count). The highest BCUT2D eigenvalue weighted by Crippen LogP contribution is 2.21. The number of hydrogen-bond donors (Lipinski definition) is 1. The van der Waals surface area contributed by atoms with Gasteiger partial charge in [0.05, 0.1) is 0 Å². The molecule has 0 atom stereocenters. The van der Waals surface area contributed by atoms with Gasteiger partial charge < -0.3 is 10.1 Å². The third-order valence-corrected chi connectivity index (χ3v) is 3.23. The Morgan fingerprint density at radius 1 is 1.11 bits per heavy atom. The van der Waals surface area contributed by atoms with Crippen molar-refractivity contribution in [1.82, 2.24) is 0 Å². The molecule has 1 amide bonds. The van der Waals surface area contributed by atoms with Crippen molar-refractivity contribution >= 4 is 17.4 Å². The fourth-order valence-electron chi connectivity index (χ4n) is 2.15. The Hall–Kier alpha value is -1.64. The number of unbranched alkanes of at least 4 members (excludes halogenated alkanes) is 2. The van der Waals surface area contributed by atoms with E-state index in [1.54, 1.807) is 6.92 Å². The number of nitrogens with one attached hydrogen (secondary N) is 1.